The third-order valence-corrected chi connectivity index (χ3v) is 3.48. The van der Waals surface area contributed by atoms with Crippen molar-refractivity contribution in [3.05, 3.63) is 46.4 Å². The molecule has 1 aromatic rings. The van der Waals surface area contributed by atoms with Gasteiger partial charge in [0.25, 0.3) is 5.69 Å². The van der Waals surface area contributed by atoms with Crippen LogP contribution in [-0.2, 0) is 0 Å². The molecule has 0 saturated carbocycles. The van der Waals surface area contributed by atoms with E-state index in [1.807, 2.05) is 0 Å². The number of hydrogen-bond donors (Lipinski definition) is 0. The number of nitro groups is 1. The van der Waals surface area contributed by atoms with Gasteiger partial charge in [-0.15, -0.1) is 0 Å². The Hall–Kier alpha value is -1.16. The van der Waals surface area contributed by atoms with E-state index in [0.29, 0.717) is 0 Å². The quantitative estimate of drug-likeness (QED) is 0.444. The van der Waals surface area contributed by atoms with Crippen LogP contribution in [0.1, 0.15) is 5.56 Å². The minimum Gasteiger partial charge on any atom is -0.258 e. The molecule has 3 nitrogen and oxygen atoms in total. The Kier molecular flexibility index (Phi) is 3.63. The summed E-state index contributed by atoms with van der Waals surface area (Å²) in [6.45, 7) is 6.90. The molecule has 1 rings (SSSR count). The molecule has 0 aromatic heterocycles. The van der Waals surface area contributed by atoms with Crippen LogP contribution in [0, 0.1) is 16.5 Å². The molecule has 15 heavy (non-hydrogen) atoms. The Morgan fingerprint density at radius 1 is 1.27 bits per heavy atom. The van der Waals surface area contributed by atoms with Crippen molar-refractivity contribution in [1.29, 1.82) is 0 Å². The van der Waals surface area contributed by atoms with Gasteiger partial charge in [0, 0.05) is 20.2 Å². The van der Waals surface area contributed by atoms with Crippen molar-refractivity contribution in [2.75, 3.05) is 0 Å². The van der Waals surface area contributed by atoms with Gasteiger partial charge in [0.2, 0.25) is 0 Å². The molecule has 0 heterocycles. The van der Waals surface area contributed by atoms with Gasteiger partial charge in [-0.25, -0.2) is 0 Å². The molecule has 0 aliphatic rings. The summed E-state index contributed by atoms with van der Waals surface area (Å²) in [5, 5.41) is 10.4. The van der Waals surface area contributed by atoms with E-state index in [2.05, 4.69) is 26.1 Å². The van der Waals surface area contributed by atoms with Crippen LogP contribution in [0.3, 0.4) is 0 Å². The normalized spacial score (nSPS) is 11.4. The van der Waals surface area contributed by atoms with Gasteiger partial charge >= 0.3 is 0 Å². The second-order valence-corrected chi connectivity index (χ2v) is 10.3. The zero-order chi connectivity index (χ0) is 11.5. The Bertz CT molecular complexity index is 341. The van der Waals surface area contributed by atoms with Gasteiger partial charge in [0.1, 0.15) is 0 Å². The van der Waals surface area contributed by atoms with Crippen LogP contribution in [0.4, 0.5) is 5.69 Å². The molecular formula is C11H16NO2Si. The van der Waals surface area contributed by atoms with Crippen LogP contribution in [-0.4, -0.2) is 13.0 Å². The van der Waals surface area contributed by atoms with E-state index in [4.69, 9.17) is 0 Å². The molecule has 81 valence electrons. The first kappa shape index (κ1) is 11.9. The van der Waals surface area contributed by atoms with Gasteiger partial charge in [-0.3, -0.25) is 10.1 Å². The Labute approximate surface area is 91.3 Å². The molecule has 0 aliphatic carbocycles. The number of benzene rings is 1. The number of rotatable bonds is 4. The molecule has 0 unspecified atom stereocenters. The van der Waals surface area contributed by atoms with Crippen molar-refractivity contribution in [2.24, 2.45) is 0 Å². The predicted molar refractivity (Wildman–Crippen MR) is 64.7 cm³/mol. The largest absolute Gasteiger partial charge is 0.269 e. The summed E-state index contributed by atoms with van der Waals surface area (Å²) in [6, 6.07) is 7.81. The van der Waals surface area contributed by atoms with E-state index >= 15 is 0 Å². The van der Waals surface area contributed by atoms with Gasteiger partial charge in [-0.1, -0.05) is 37.8 Å². The van der Waals surface area contributed by atoms with E-state index < -0.39 is 8.07 Å². The van der Waals surface area contributed by atoms with E-state index in [1.54, 1.807) is 24.3 Å². The summed E-state index contributed by atoms with van der Waals surface area (Å²) >= 11 is 0. The van der Waals surface area contributed by atoms with Crippen molar-refractivity contribution in [3.8, 4) is 0 Å². The van der Waals surface area contributed by atoms with Crippen LogP contribution in [0.15, 0.2) is 24.3 Å². The summed E-state index contributed by atoms with van der Waals surface area (Å²) in [6.07, 6.45) is 2.16. The molecule has 0 atom stereocenters. The molecular weight excluding hydrogens is 206 g/mol. The minimum absolute atomic E-state index is 0.153. The lowest BCUT2D eigenvalue weighted by Crippen LogP contribution is -2.19. The number of nitro benzene ring substituents is 1. The molecule has 0 saturated heterocycles. The number of non-ortho nitro benzene ring substituents is 1. The lowest BCUT2D eigenvalue weighted by molar-refractivity contribution is -0.384. The smallest absolute Gasteiger partial charge is 0.258 e. The monoisotopic (exact) mass is 222 g/mol. The average molecular weight is 222 g/mol. The second-order valence-electron chi connectivity index (χ2n) is 4.82. The molecule has 1 radical (unpaired) electrons. The number of nitrogens with zero attached hydrogens (tertiary/aromatic N) is 1. The van der Waals surface area contributed by atoms with Crippen LogP contribution in [0.5, 0.6) is 0 Å². The fourth-order valence-electron chi connectivity index (χ4n) is 1.16. The van der Waals surface area contributed by atoms with E-state index in [9.17, 15) is 10.1 Å². The highest BCUT2D eigenvalue weighted by Crippen LogP contribution is 2.18. The first-order valence-corrected chi connectivity index (χ1v) is 8.67. The van der Waals surface area contributed by atoms with Gasteiger partial charge < -0.3 is 0 Å². The maximum Gasteiger partial charge on any atom is 0.269 e. The van der Waals surface area contributed by atoms with E-state index in [0.717, 1.165) is 11.6 Å². The lowest BCUT2D eigenvalue weighted by atomic mass is 10.1. The molecule has 0 bridgehead atoms. The molecule has 0 spiro atoms. The van der Waals surface area contributed by atoms with Crippen LogP contribution >= 0.6 is 0 Å². The maximum absolute atomic E-state index is 10.4. The first-order valence-electron chi connectivity index (χ1n) is 4.96. The van der Waals surface area contributed by atoms with Gasteiger partial charge in [0.15, 0.2) is 0 Å². The summed E-state index contributed by atoms with van der Waals surface area (Å²) in [5.74, 6) is 0. The van der Waals surface area contributed by atoms with Gasteiger partial charge in [0.05, 0.1) is 4.92 Å². The third-order valence-electron chi connectivity index (χ3n) is 2.05. The van der Waals surface area contributed by atoms with Gasteiger partial charge in [-0.2, -0.15) is 0 Å². The van der Waals surface area contributed by atoms with Crippen molar-refractivity contribution in [2.45, 2.75) is 25.7 Å². The summed E-state index contributed by atoms with van der Waals surface area (Å²) in [7, 11) is -1.06. The minimum atomic E-state index is -1.06. The first-order chi connectivity index (χ1) is 6.88. The third kappa shape index (κ3) is 4.25. The molecule has 0 fully saturated rings. The molecule has 1 aromatic carbocycles. The predicted octanol–water partition coefficient (Wildman–Crippen LogP) is 3.49. The SMILES string of the molecule is C[Si](C)(C)C[CH]c1ccc([N+](=O)[O-])cc1. The van der Waals surface area contributed by atoms with Crippen molar-refractivity contribution >= 4 is 13.8 Å². The van der Waals surface area contributed by atoms with E-state index in [1.165, 1.54) is 0 Å². The maximum atomic E-state index is 10.4. The summed E-state index contributed by atoms with van der Waals surface area (Å²) in [5.41, 5.74) is 1.23. The van der Waals surface area contributed by atoms with E-state index in [-0.39, 0.29) is 10.6 Å². The standard InChI is InChI=1S/C11H16NO2Si/c1-15(2,3)9-8-10-4-6-11(7-5-10)12(13)14/h4-8H,9H2,1-3H3. The lowest BCUT2D eigenvalue weighted by Gasteiger charge is -2.14. The zero-order valence-corrected chi connectivity index (χ0v) is 10.4. The van der Waals surface area contributed by atoms with Gasteiger partial charge in [-0.05, 0) is 12.0 Å². The van der Waals surface area contributed by atoms with Crippen molar-refractivity contribution in [1.82, 2.24) is 0 Å². The summed E-state index contributed by atoms with van der Waals surface area (Å²) < 4.78 is 0. The highest BCUT2D eigenvalue weighted by molar-refractivity contribution is 6.76. The molecule has 0 N–H and O–H groups in total. The number of hydrogen-bond acceptors (Lipinski definition) is 2. The zero-order valence-electron chi connectivity index (χ0n) is 9.36. The summed E-state index contributed by atoms with van der Waals surface area (Å²) in [4.78, 5) is 10.1. The highest BCUT2D eigenvalue weighted by atomic mass is 28.3. The topological polar surface area (TPSA) is 43.1 Å². The molecule has 0 aliphatic heterocycles. The Morgan fingerprint density at radius 2 is 1.80 bits per heavy atom. The van der Waals surface area contributed by atoms with Crippen molar-refractivity contribution in [3.63, 3.8) is 0 Å². The van der Waals surface area contributed by atoms with Crippen LogP contribution < -0.4 is 0 Å². The second kappa shape index (κ2) is 4.57. The Balaban J connectivity index is 2.61. The molecule has 4 heteroatoms. The fraction of sp³-hybridized carbons (Fsp3) is 0.364. The molecule has 0 amide bonds. The average Bonchev–Trinajstić information content (AvgIpc) is 2.14. The Morgan fingerprint density at radius 3 is 2.20 bits per heavy atom. The van der Waals surface area contributed by atoms with Crippen molar-refractivity contribution < 1.29 is 4.92 Å². The highest BCUT2D eigenvalue weighted by Gasteiger charge is 2.13. The van der Waals surface area contributed by atoms with Crippen LogP contribution in [0.25, 0.3) is 0 Å². The van der Waals surface area contributed by atoms with Crippen LogP contribution in [0.2, 0.25) is 25.7 Å². The fourth-order valence-corrected chi connectivity index (χ4v) is 2.00.